The minimum atomic E-state index is -1.73. The molecule has 0 aliphatic carbocycles. The fraction of sp³-hybridized carbons (Fsp3) is 0.217. The van der Waals surface area contributed by atoms with E-state index in [1.54, 1.807) is 44.3 Å². The molecule has 4 aromatic rings. The molecule has 0 radical (unpaired) electrons. The molecule has 34 heavy (non-hydrogen) atoms. The number of rotatable bonds is 5. The number of pyridine rings is 2. The van der Waals surface area contributed by atoms with Gasteiger partial charge >= 0.3 is 0 Å². The molecule has 0 aromatic carbocycles. The van der Waals surface area contributed by atoms with E-state index in [1.807, 2.05) is 0 Å². The summed E-state index contributed by atoms with van der Waals surface area (Å²) in [5.41, 5.74) is 0.997. The Labute approximate surface area is 193 Å². The lowest BCUT2D eigenvalue weighted by Gasteiger charge is -2.16. The minimum absolute atomic E-state index is 0.0762. The van der Waals surface area contributed by atoms with Gasteiger partial charge in [0.1, 0.15) is 5.69 Å². The molecule has 5 rings (SSSR count). The first-order valence-corrected chi connectivity index (χ1v) is 10.5. The molecule has 1 atom stereocenters. The molecule has 1 aliphatic rings. The van der Waals surface area contributed by atoms with Crippen molar-refractivity contribution in [1.29, 1.82) is 0 Å². The largest absolute Gasteiger partial charge is 0.373 e. The number of nitrogens with one attached hydrogen (secondary N) is 1. The van der Waals surface area contributed by atoms with E-state index in [0.29, 0.717) is 35.0 Å². The van der Waals surface area contributed by atoms with Crippen molar-refractivity contribution < 1.29 is 18.8 Å². The number of nitrogens with zero attached hydrogens (tertiary/aromatic N) is 6. The second kappa shape index (κ2) is 8.27. The van der Waals surface area contributed by atoms with Gasteiger partial charge in [-0.05, 0) is 31.2 Å². The van der Waals surface area contributed by atoms with Gasteiger partial charge in [-0.25, -0.2) is 19.3 Å². The Morgan fingerprint density at radius 2 is 1.88 bits per heavy atom. The maximum atomic E-state index is 14.1. The van der Waals surface area contributed by atoms with Gasteiger partial charge in [0.2, 0.25) is 11.5 Å². The highest BCUT2D eigenvalue weighted by molar-refractivity contribution is 5.87. The maximum Gasteiger partial charge on any atom is 0.262 e. The molecule has 1 amide bonds. The van der Waals surface area contributed by atoms with Crippen LogP contribution in [-0.2, 0) is 10.4 Å². The van der Waals surface area contributed by atoms with Crippen molar-refractivity contribution in [3.05, 3.63) is 66.1 Å². The van der Waals surface area contributed by atoms with Crippen LogP contribution < -0.4 is 5.32 Å². The number of aryl methyl sites for hydroxylation is 1. The van der Waals surface area contributed by atoms with E-state index in [1.165, 1.54) is 17.2 Å². The normalized spacial score (nSPS) is 17.9. The molecule has 172 valence electrons. The summed E-state index contributed by atoms with van der Waals surface area (Å²) in [5.74, 6) is -0.676. The van der Waals surface area contributed by atoms with Crippen LogP contribution in [0.4, 0.5) is 16.0 Å². The van der Waals surface area contributed by atoms with Crippen LogP contribution in [0.25, 0.3) is 22.8 Å². The highest BCUT2D eigenvalue weighted by Crippen LogP contribution is 2.34. The monoisotopic (exact) mass is 461 g/mol. The van der Waals surface area contributed by atoms with E-state index in [9.17, 15) is 14.3 Å². The predicted octanol–water partition coefficient (Wildman–Crippen LogP) is 2.83. The average Bonchev–Trinajstić information content (AvgIpc) is 3.44. The third-order valence-corrected chi connectivity index (χ3v) is 5.60. The van der Waals surface area contributed by atoms with Gasteiger partial charge in [-0.1, -0.05) is 11.2 Å². The third-order valence-electron chi connectivity index (χ3n) is 5.60. The molecule has 4 aromatic heterocycles. The molecule has 0 spiro atoms. The van der Waals surface area contributed by atoms with Crippen molar-refractivity contribution in [2.75, 3.05) is 18.9 Å². The molecule has 1 saturated heterocycles. The highest BCUT2D eigenvalue weighted by Gasteiger charge is 2.48. The second-order valence-electron chi connectivity index (χ2n) is 8.02. The molecule has 2 N–H and O–H groups in total. The van der Waals surface area contributed by atoms with Gasteiger partial charge in [0.15, 0.2) is 11.6 Å². The van der Waals surface area contributed by atoms with Crippen LogP contribution in [-0.4, -0.2) is 54.6 Å². The Morgan fingerprint density at radius 3 is 2.65 bits per heavy atom. The standard InChI is InChI=1S/C23H20FN7O3/c1-13-10-18(14(24)12-26-13)29-22-25-8-6-17(28-22)15-4-3-5-16(27-15)19-11-20(34-30-19)23(33)7-9-31(2)21(23)32/h3-6,8,10-12,33H,7,9H2,1-2H3,(H,25,26,28,29). The van der Waals surface area contributed by atoms with Crippen molar-refractivity contribution in [2.45, 2.75) is 18.9 Å². The van der Waals surface area contributed by atoms with Crippen LogP contribution in [0.15, 0.2) is 53.3 Å². The zero-order chi connectivity index (χ0) is 23.9. The topological polar surface area (TPSA) is 130 Å². The lowest BCUT2D eigenvalue weighted by atomic mass is 9.98. The van der Waals surface area contributed by atoms with Crippen molar-refractivity contribution in [1.82, 2.24) is 30.0 Å². The zero-order valence-corrected chi connectivity index (χ0v) is 18.4. The van der Waals surface area contributed by atoms with Crippen LogP contribution in [0, 0.1) is 12.7 Å². The molecule has 1 aliphatic heterocycles. The molecular weight excluding hydrogens is 441 g/mol. The first-order valence-electron chi connectivity index (χ1n) is 10.5. The Bertz CT molecular complexity index is 1390. The Kier molecular flexibility index (Phi) is 5.25. The summed E-state index contributed by atoms with van der Waals surface area (Å²) in [5, 5.41) is 17.6. The van der Waals surface area contributed by atoms with Crippen LogP contribution in [0.3, 0.4) is 0 Å². The maximum absolute atomic E-state index is 14.1. The summed E-state index contributed by atoms with van der Waals surface area (Å²) < 4.78 is 19.4. The summed E-state index contributed by atoms with van der Waals surface area (Å²) in [6.07, 6.45) is 2.89. The summed E-state index contributed by atoms with van der Waals surface area (Å²) in [6, 6.07) is 10.0. The molecule has 11 heteroatoms. The van der Waals surface area contributed by atoms with E-state index in [4.69, 9.17) is 4.52 Å². The minimum Gasteiger partial charge on any atom is -0.373 e. The van der Waals surface area contributed by atoms with Crippen molar-refractivity contribution in [3.63, 3.8) is 0 Å². The van der Waals surface area contributed by atoms with Crippen LogP contribution in [0.5, 0.6) is 0 Å². The number of aromatic nitrogens is 5. The fourth-order valence-electron chi connectivity index (χ4n) is 3.71. The van der Waals surface area contributed by atoms with Crippen molar-refractivity contribution in [2.24, 2.45) is 0 Å². The number of aliphatic hydroxyl groups is 1. The van der Waals surface area contributed by atoms with Crippen molar-refractivity contribution >= 4 is 17.5 Å². The van der Waals surface area contributed by atoms with E-state index in [-0.39, 0.29) is 23.8 Å². The van der Waals surface area contributed by atoms with E-state index < -0.39 is 17.3 Å². The zero-order valence-electron chi connectivity index (χ0n) is 18.4. The lowest BCUT2D eigenvalue weighted by Crippen LogP contribution is -2.35. The molecular formula is C23H20FN7O3. The number of likely N-dealkylation sites (N-methyl/N-ethyl adjacent to an activating group) is 1. The predicted molar refractivity (Wildman–Crippen MR) is 119 cm³/mol. The highest BCUT2D eigenvalue weighted by atomic mass is 19.1. The number of likely N-dealkylation sites (tertiary alicyclic amines) is 1. The fourth-order valence-corrected chi connectivity index (χ4v) is 3.71. The average molecular weight is 461 g/mol. The molecule has 5 heterocycles. The summed E-state index contributed by atoms with van der Waals surface area (Å²) in [7, 11) is 1.62. The van der Waals surface area contributed by atoms with Gasteiger partial charge in [0.25, 0.3) is 5.91 Å². The van der Waals surface area contributed by atoms with Crippen LogP contribution in [0.1, 0.15) is 17.9 Å². The van der Waals surface area contributed by atoms with Gasteiger partial charge in [0, 0.05) is 38.0 Å². The first kappa shape index (κ1) is 21.6. The van der Waals surface area contributed by atoms with Crippen molar-refractivity contribution in [3.8, 4) is 22.8 Å². The molecule has 0 saturated carbocycles. The number of amides is 1. The van der Waals surface area contributed by atoms with E-state index in [0.717, 1.165) is 6.20 Å². The summed E-state index contributed by atoms with van der Waals surface area (Å²) in [4.78, 5) is 30.9. The SMILES string of the molecule is Cc1cc(Nc2nccc(-c3cccc(-c4cc(C5(O)CCN(C)C5=O)on4)n3)n2)c(F)cn1. The number of anilines is 2. The van der Waals surface area contributed by atoms with Crippen LogP contribution in [0.2, 0.25) is 0 Å². The number of carbonyl (C=O) groups excluding carboxylic acids is 1. The van der Waals surface area contributed by atoms with Gasteiger partial charge < -0.3 is 19.8 Å². The third kappa shape index (κ3) is 3.86. The molecule has 0 bridgehead atoms. The van der Waals surface area contributed by atoms with Gasteiger partial charge in [-0.2, -0.15) is 0 Å². The molecule has 10 nitrogen and oxygen atoms in total. The van der Waals surface area contributed by atoms with E-state index >= 15 is 0 Å². The first-order chi connectivity index (χ1) is 16.3. The number of hydrogen-bond acceptors (Lipinski definition) is 9. The van der Waals surface area contributed by atoms with Gasteiger partial charge in [0.05, 0.1) is 29.0 Å². The second-order valence-corrected chi connectivity index (χ2v) is 8.02. The van der Waals surface area contributed by atoms with Crippen LogP contribution >= 0.6 is 0 Å². The van der Waals surface area contributed by atoms with E-state index in [2.05, 4.69) is 30.4 Å². The Balaban J connectivity index is 1.42. The molecule has 1 fully saturated rings. The Morgan fingerprint density at radius 1 is 1.12 bits per heavy atom. The lowest BCUT2D eigenvalue weighted by molar-refractivity contribution is -0.144. The summed E-state index contributed by atoms with van der Waals surface area (Å²) in [6.45, 7) is 2.18. The molecule has 1 unspecified atom stereocenters. The summed E-state index contributed by atoms with van der Waals surface area (Å²) >= 11 is 0. The number of halogens is 1. The quantitative estimate of drug-likeness (QED) is 0.461. The number of hydrogen-bond donors (Lipinski definition) is 2. The van der Waals surface area contributed by atoms with Gasteiger partial charge in [-0.3, -0.25) is 9.78 Å². The van der Waals surface area contributed by atoms with Gasteiger partial charge in [-0.15, -0.1) is 0 Å². The Hall–Kier alpha value is -4.25. The number of carbonyl (C=O) groups is 1. The smallest absolute Gasteiger partial charge is 0.262 e.